The van der Waals surface area contributed by atoms with Crippen LogP contribution in [-0.2, 0) is 14.3 Å². The maximum atomic E-state index is 12.0. The SMILES string of the molecule is CC(NC(N)=O)C(=O)N1CCC(OCCC(=O)O)CC1. The van der Waals surface area contributed by atoms with Crippen LogP contribution in [0.15, 0.2) is 0 Å². The first-order valence-electron chi connectivity index (χ1n) is 6.58. The lowest BCUT2D eigenvalue weighted by Crippen LogP contribution is -2.51. The molecule has 0 radical (unpaired) electrons. The van der Waals surface area contributed by atoms with Crippen molar-refractivity contribution >= 4 is 17.9 Å². The molecule has 0 bridgehead atoms. The van der Waals surface area contributed by atoms with Crippen LogP contribution in [0.2, 0.25) is 0 Å². The summed E-state index contributed by atoms with van der Waals surface area (Å²) < 4.78 is 5.44. The molecule has 8 heteroatoms. The first-order valence-corrected chi connectivity index (χ1v) is 6.58. The van der Waals surface area contributed by atoms with Gasteiger partial charge >= 0.3 is 12.0 Å². The predicted molar refractivity (Wildman–Crippen MR) is 70.0 cm³/mol. The number of carboxylic acid groups (broad SMARTS) is 1. The van der Waals surface area contributed by atoms with Gasteiger partial charge in [0.2, 0.25) is 5.91 Å². The van der Waals surface area contributed by atoms with Crippen LogP contribution >= 0.6 is 0 Å². The number of hydrogen-bond acceptors (Lipinski definition) is 4. The van der Waals surface area contributed by atoms with Crippen molar-refractivity contribution in [2.24, 2.45) is 5.73 Å². The summed E-state index contributed by atoms with van der Waals surface area (Å²) in [7, 11) is 0. The number of ether oxygens (including phenoxy) is 1. The molecule has 1 aliphatic rings. The quantitative estimate of drug-likeness (QED) is 0.609. The van der Waals surface area contributed by atoms with Gasteiger partial charge in [-0.05, 0) is 19.8 Å². The van der Waals surface area contributed by atoms with Crippen LogP contribution < -0.4 is 11.1 Å². The maximum Gasteiger partial charge on any atom is 0.312 e. The number of piperidine rings is 1. The summed E-state index contributed by atoms with van der Waals surface area (Å²) in [5, 5.41) is 10.9. The number of nitrogens with zero attached hydrogens (tertiary/aromatic N) is 1. The minimum absolute atomic E-state index is 0.0152. The second-order valence-electron chi connectivity index (χ2n) is 4.77. The molecule has 0 saturated carbocycles. The van der Waals surface area contributed by atoms with Crippen molar-refractivity contribution in [1.82, 2.24) is 10.2 Å². The molecule has 1 fully saturated rings. The van der Waals surface area contributed by atoms with Gasteiger partial charge in [-0.3, -0.25) is 9.59 Å². The van der Waals surface area contributed by atoms with Crippen molar-refractivity contribution in [2.45, 2.75) is 38.3 Å². The lowest BCUT2D eigenvalue weighted by atomic mass is 10.1. The number of rotatable bonds is 6. The number of nitrogens with two attached hydrogens (primary N) is 1. The monoisotopic (exact) mass is 287 g/mol. The lowest BCUT2D eigenvalue weighted by molar-refractivity contribution is -0.139. The second kappa shape index (κ2) is 7.68. The van der Waals surface area contributed by atoms with E-state index in [0.29, 0.717) is 25.9 Å². The molecule has 114 valence electrons. The Kier molecular flexibility index (Phi) is 6.23. The van der Waals surface area contributed by atoms with Crippen molar-refractivity contribution in [3.8, 4) is 0 Å². The molecule has 8 nitrogen and oxygen atoms in total. The highest BCUT2D eigenvalue weighted by Gasteiger charge is 2.26. The molecule has 1 atom stereocenters. The average molecular weight is 287 g/mol. The number of carbonyl (C=O) groups is 3. The Morgan fingerprint density at radius 2 is 2.00 bits per heavy atom. The highest BCUT2D eigenvalue weighted by molar-refractivity contribution is 5.86. The lowest BCUT2D eigenvalue weighted by Gasteiger charge is -2.33. The number of amides is 3. The molecule has 0 spiro atoms. The van der Waals surface area contributed by atoms with Crippen LogP contribution in [0.4, 0.5) is 4.79 Å². The van der Waals surface area contributed by atoms with Gasteiger partial charge in [0.1, 0.15) is 6.04 Å². The van der Waals surface area contributed by atoms with E-state index in [0.717, 1.165) is 0 Å². The molecule has 0 aromatic carbocycles. The number of carbonyl (C=O) groups excluding carboxylic acids is 2. The summed E-state index contributed by atoms with van der Waals surface area (Å²) >= 11 is 0. The van der Waals surface area contributed by atoms with Crippen molar-refractivity contribution in [3.63, 3.8) is 0 Å². The van der Waals surface area contributed by atoms with Gasteiger partial charge in [-0.2, -0.15) is 0 Å². The molecule has 4 N–H and O–H groups in total. The second-order valence-corrected chi connectivity index (χ2v) is 4.77. The number of urea groups is 1. The highest BCUT2D eigenvalue weighted by Crippen LogP contribution is 2.14. The van der Waals surface area contributed by atoms with Crippen LogP contribution in [0.5, 0.6) is 0 Å². The van der Waals surface area contributed by atoms with E-state index in [1.165, 1.54) is 0 Å². The first-order chi connectivity index (χ1) is 9.40. The van der Waals surface area contributed by atoms with Crippen molar-refractivity contribution in [2.75, 3.05) is 19.7 Å². The maximum absolute atomic E-state index is 12.0. The van der Waals surface area contributed by atoms with Gasteiger partial charge in [-0.1, -0.05) is 0 Å². The molecule has 0 aliphatic carbocycles. The number of nitrogens with one attached hydrogen (secondary N) is 1. The van der Waals surface area contributed by atoms with Gasteiger partial charge in [0.25, 0.3) is 0 Å². The topological polar surface area (TPSA) is 122 Å². The Hall–Kier alpha value is -1.83. The van der Waals surface area contributed by atoms with E-state index in [2.05, 4.69) is 5.32 Å². The summed E-state index contributed by atoms with van der Waals surface area (Å²) in [5.74, 6) is -1.06. The Labute approximate surface area is 117 Å². The Bertz CT molecular complexity index is 366. The summed E-state index contributed by atoms with van der Waals surface area (Å²) in [6, 6.07) is -1.37. The number of primary amides is 1. The molecular weight excluding hydrogens is 266 g/mol. The molecular formula is C12H21N3O5. The van der Waals surface area contributed by atoms with Crippen LogP contribution in [0, 0.1) is 0 Å². The Balaban J connectivity index is 2.29. The number of likely N-dealkylation sites (tertiary alicyclic amines) is 1. The minimum atomic E-state index is -0.885. The van der Waals surface area contributed by atoms with Crippen LogP contribution in [0.1, 0.15) is 26.2 Å². The molecule has 0 aromatic heterocycles. The number of aliphatic carboxylic acids is 1. The highest BCUT2D eigenvalue weighted by atomic mass is 16.5. The standard InChI is InChI=1S/C12H21N3O5/c1-8(14-12(13)19)11(18)15-5-2-9(3-6-15)20-7-4-10(16)17/h8-9H,2-7H2,1H3,(H,16,17)(H3,13,14,19). The van der Waals surface area contributed by atoms with Gasteiger partial charge in [-0.25, -0.2) is 4.79 Å². The Morgan fingerprint density at radius 1 is 1.40 bits per heavy atom. The molecule has 20 heavy (non-hydrogen) atoms. The first kappa shape index (κ1) is 16.2. The smallest absolute Gasteiger partial charge is 0.312 e. The zero-order valence-electron chi connectivity index (χ0n) is 11.5. The molecule has 1 aliphatic heterocycles. The number of hydrogen-bond donors (Lipinski definition) is 3. The van der Waals surface area contributed by atoms with E-state index < -0.39 is 18.0 Å². The fourth-order valence-corrected chi connectivity index (χ4v) is 2.10. The van der Waals surface area contributed by atoms with Crippen LogP contribution in [0.25, 0.3) is 0 Å². The zero-order chi connectivity index (χ0) is 15.1. The van der Waals surface area contributed by atoms with Gasteiger partial charge in [0.05, 0.1) is 19.1 Å². The summed E-state index contributed by atoms with van der Waals surface area (Å²) in [5.41, 5.74) is 4.97. The van der Waals surface area contributed by atoms with E-state index in [9.17, 15) is 14.4 Å². The van der Waals surface area contributed by atoms with Gasteiger partial charge in [0, 0.05) is 13.1 Å². The minimum Gasteiger partial charge on any atom is -0.481 e. The van der Waals surface area contributed by atoms with Crippen molar-refractivity contribution in [1.29, 1.82) is 0 Å². The average Bonchev–Trinajstić information content (AvgIpc) is 2.37. The fourth-order valence-electron chi connectivity index (χ4n) is 2.10. The predicted octanol–water partition coefficient (Wildman–Crippen LogP) is -0.474. The van der Waals surface area contributed by atoms with Crippen molar-refractivity contribution < 1.29 is 24.2 Å². The molecule has 1 heterocycles. The Morgan fingerprint density at radius 3 is 2.50 bits per heavy atom. The zero-order valence-corrected chi connectivity index (χ0v) is 11.5. The molecule has 1 saturated heterocycles. The van der Waals surface area contributed by atoms with Gasteiger partial charge < -0.3 is 25.8 Å². The largest absolute Gasteiger partial charge is 0.481 e. The third-order valence-electron chi connectivity index (χ3n) is 3.15. The van der Waals surface area contributed by atoms with E-state index in [4.69, 9.17) is 15.6 Å². The third-order valence-corrected chi connectivity index (χ3v) is 3.15. The van der Waals surface area contributed by atoms with Crippen molar-refractivity contribution in [3.05, 3.63) is 0 Å². The molecule has 1 unspecified atom stereocenters. The molecule has 0 aromatic rings. The van der Waals surface area contributed by atoms with Crippen LogP contribution in [-0.4, -0.2) is 59.8 Å². The van der Waals surface area contributed by atoms with Crippen LogP contribution in [0.3, 0.4) is 0 Å². The van der Waals surface area contributed by atoms with Gasteiger partial charge in [-0.15, -0.1) is 0 Å². The van der Waals surface area contributed by atoms with E-state index >= 15 is 0 Å². The van der Waals surface area contributed by atoms with E-state index in [1.807, 2.05) is 0 Å². The summed E-state index contributed by atoms with van der Waals surface area (Å²) in [4.78, 5) is 34.7. The van der Waals surface area contributed by atoms with E-state index in [1.54, 1.807) is 11.8 Å². The number of carboxylic acids is 1. The fraction of sp³-hybridized carbons (Fsp3) is 0.750. The summed E-state index contributed by atoms with van der Waals surface area (Å²) in [6.45, 7) is 2.83. The molecule has 3 amide bonds. The van der Waals surface area contributed by atoms with Gasteiger partial charge in [0.15, 0.2) is 0 Å². The van der Waals surface area contributed by atoms with E-state index in [-0.39, 0.29) is 25.0 Å². The summed E-state index contributed by atoms with van der Waals surface area (Å²) in [6.07, 6.45) is 1.29. The third kappa shape index (κ3) is 5.43. The molecule has 1 rings (SSSR count). The normalized spacial score (nSPS) is 17.6.